The molecule has 1 aromatic rings. The summed E-state index contributed by atoms with van der Waals surface area (Å²) < 4.78 is 0. The van der Waals surface area contributed by atoms with Crippen molar-refractivity contribution in [3.63, 3.8) is 0 Å². The van der Waals surface area contributed by atoms with Gasteiger partial charge in [-0.05, 0) is 38.0 Å². The lowest BCUT2D eigenvalue weighted by atomic mass is 9.96. The van der Waals surface area contributed by atoms with E-state index in [1.807, 2.05) is 0 Å². The number of aromatic nitrogens is 2. The third-order valence-corrected chi connectivity index (χ3v) is 4.44. The second-order valence-electron chi connectivity index (χ2n) is 5.54. The molecular weight excluding hydrogens is 226 g/mol. The molecule has 18 heavy (non-hydrogen) atoms. The molecule has 3 rings (SSSR count). The third kappa shape index (κ3) is 1.88. The largest absolute Gasteiger partial charge is 0.394 e. The summed E-state index contributed by atoms with van der Waals surface area (Å²) >= 11 is 0. The number of aliphatic hydroxyl groups excluding tert-OH is 1. The van der Waals surface area contributed by atoms with Gasteiger partial charge in [0.15, 0.2) is 0 Å². The molecule has 1 fully saturated rings. The van der Waals surface area contributed by atoms with Crippen LogP contribution in [0.2, 0.25) is 0 Å². The van der Waals surface area contributed by atoms with Crippen molar-refractivity contribution in [1.82, 2.24) is 9.97 Å². The zero-order valence-electron chi connectivity index (χ0n) is 11.0. The lowest BCUT2D eigenvalue weighted by Crippen LogP contribution is -2.36. The number of fused-ring (bicyclic) bond motifs is 1. The fourth-order valence-corrected chi connectivity index (χ4v) is 3.30. The Morgan fingerprint density at radius 3 is 3.00 bits per heavy atom. The van der Waals surface area contributed by atoms with E-state index in [0.717, 1.165) is 31.6 Å². The van der Waals surface area contributed by atoms with E-state index in [-0.39, 0.29) is 12.6 Å². The van der Waals surface area contributed by atoms with Crippen LogP contribution in [0.1, 0.15) is 37.4 Å². The van der Waals surface area contributed by atoms with Crippen molar-refractivity contribution >= 4 is 5.82 Å². The van der Waals surface area contributed by atoms with Gasteiger partial charge in [-0.15, -0.1) is 0 Å². The summed E-state index contributed by atoms with van der Waals surface area (Å²) in [4.78, 5) is 11.2. The first-order chi connectivity index (χ1) is 8.81. The van der Waals surface area contributed by atoms with Crippen LogP contribution in [0.25, 0.3) is 0 Å². The van der Waals surface area contributed by atoms with Crippen LogP contribution in [0.3, 0.4) is 0 Å². The number of rotatable bonds is 2. The van der Waals surface area contributed by atoms with Crippen molar-refractivity contribution in [1.29, 1.82) is 0 Å². The molecule has 98 valence electrons. The van der Waals surface area contributed by atoms with Gasteiger partial charge in [-0.2, -0.15) is 0 Å². The summed E-state index contributed by atoms with van der Waals surface area (Å²) in [5.74, 6) is 1.63. The number of nitrogens with zero attached hydrogens (tertiary/aromatic N) is 3. The summed E-state index contributed by atoms with van der Waals surface area (Å²) in [6, 6.07) is 0.228. The Balaban J connectivity index is 1.97. The highest BCUT2D eigenvalue weighted by Crippen LogP contribution is 2.33. The maximum atomic E-state index is 9.59. The quantitative estimate of drug-likeness (QED) is 0.861. The van der Waals surface area contributed by atoms with Gasteiger partial charge in [0.25, 0.3) is 0 Å². The molecule has 2 aliphatic rings. The van der Waals surface area contributed by atoms with E-state index in [2.05, 4.69) is 21.8 Å². The zero-order valence-corrected chi connectivity index (χ0v) is 11.0. The smallest absolute Gasteiger partial charge is 0.135 e. The van der Waals surface area contributed by atoms with Crippen LogP contribution in [-0.4, -0.2) is 34.3 Å². The summed E-state index contributed by atoms with van der Waals surface area (Å²) in [5.41, 5.74) is 2.55. The highest BCUT2D eigenvalue weighted by atomic mass is 16.3. The molecule has 0 spiro atoms. The Morgan fingerprint density at radius 2 is 2.17 bits per heavy atom. The maximum absolute atomic E-state index is 9.59. The average molecular weight is 247 g/mol. The van der Waals surface area contributed by atoms with E-state index in [0.29, 0.717) is 5.92 Å². The number of hydrogen-bond acceptors (Lipinski definition) is 4. The van der Waals surface area contributed by atoms with Crippen LogP contribution >= 0.6 is 0 Å². The molecule has 0 saturated carbocycles. The average Bonchev–Trinajstić information content (AvgIpc) is 2.79. The molecule has 2 atom stereocenters. The van der Waals surface area contributed by atoms with Crippen LogP contribution in [-0.2, 0) is 12.8 Å². The Kier molecular flexibility index (Phi) is 3.20. The SMILES string of the molecule is CC1CCN(c2ncnc3c2CCCC3)C1CO. The molecule has 4 nitrogen and oxygen atoms in total. The monoisotopic (exact) mass is 247 g/mol. The number of aliphatic hydroxyl groups is 1. The fourth-order valence-electron chi connectivity index (χ4n) is 3.30. The molecule has 4 heteroatoms. The van der Waals surface area contributed by atoms with Gasteiger partial charge >= 0.3 is 0 Å². The number of hydrogen-bond donors (Lipinski definition) is 1. The first-order valence-electron chi connectivity index (χ1n) is 7.01. The highest BCUT2D eigenvalue weighted by Gasteiger charge is 2.33. The van der Waals surface area contributed by atoms with Crippen LogP contribution < -0.4 is 4.90 Å². The van der Waals surface area contributed by atoms with Gasteiger partial charge in [-0.3, -0.25) is 0 Å². The van der Waals surface area contributed by atoms with Crippen LogP contribution in [0.15, 0.2) is 6.33 Å². The molecule has 0 amide bonds. The van der Waals surface area contributed by atoms with E-state index in [9.17, 15) is 5.11 Å². The molecule has 1 aromatic heterocycles. The van der Waals surface area contributed by atoms with Crippen LogP contribution in [0.4, 0.5) is 5.82 Å². The molecular formula is C14H21N3O. The summed E-state index contributed by atoms with van der Waals surface area (Å²) in [7, 11) is 0. The molecule has 1 aliphatic heterocycles. The lowest BCUT2D eigenvalue weighted by molar-refractivity contribution is 0.244. The molecule has 0 radical (unpaired) electrons. The van der Waals surface area contributed by atoms with E-state index in [1.165, 1.54) is 24.1 Å². The van der Waals surface area contributed by atoms with Crippen molar-refractivity contribution in [3.05, 3.63) is 17.6 Å². The molecule has 2 unspecified atom stereocenters. The van der Waals surface area contributed by atoms with Gasteiger partial charge in [-0.1, -0.05) is 6.92 Å². The molecule has 1 saturated heterocycles. The Labute approximate surface area is 108 Å². The molecule has 2 heterocycles. The molecule has 1 N–H and O–H groups in total. The van der Waals surface area contributed by atoms with Crippen LogP contribution in [0, 0.1) is 5.92 Å². The molecule has 1 aliphatic carbocycles. The summed E-state index contributed by atoms with van der Waals surface area (Å²) in [6.45, 7) is 3.45. The minimum atomic E-state index is 0.222. The Morgan fingerprint density at radius 1 is 1.33 bits per heavy atom. The Bertz CT molecular complexity index is 435. The number of anilines is 1. The van der Waals surface area contributed by atoms with Gasteiger partial charge in [0.05, 0.1) is 12.6 Å². The third-order valence-electron chi connectivity index (χ3n) is 4.44. The zero-order chi connectivity index (χ0) is 12.5. The van der Waals surface area contributed by atoms with E-state index in [1.54, 1.807) is 6.33 Å². The minimum absolute atomic E-state index is 0.222. The van der Waals surface area contributed by atoms with Gasteiger partial charge in [-0.25, -0.2) is 9.97 Å². The second kappa shape index (κ2) is 4.84. The van der Waals surface area contributed by atoms with Crippen molar-refractivity contribution in [2.75, 3.05) is 18.1 Å². The van der Waals surface area contributed by atoms with Gasteiger partial charge in [0.2, 0.25) is 0 Å². The predicted molar refractivity (Wildman–Crippen MR) is 70.7 cm³/mol. The summed E-state index contributed by atoms with van der Waals surface area (Å²) in [6.07, 6.45) is 7.48. The molecule has 0 aromatic carbocycles. The van der Waals surface area contributed by atoms with Crippen molar-refractivity contribution in [2.45, 2.75) is 45.1 Å². The van der Waals surface area contributed by atoms with Crippen LogP contribution in [0.5, 0.6) is 0 Å². The Hall–Kier alpha value is -1.16. The standard InChI is InChI=1S/C14H21N3O/c1-10-6-7-17(13(10)8-18)14-11-4-2-3-5-12(11)15-9-16-14/h9-10,13,18H,2-8H2,1H3. The van der Waals surface area contributed by atoms with Gasteiger partial charge < -0.3 is 10.0 Å². The van der Waals surface area contributed by atoms with E-state index >= 15 is 0 Å². The van der Waals surface area contributed by atoms with Crippen molar-refractivity contribution < 1.29 is 5.11 Å². The molecule has 0 bridgehead atoms. The second-order valence-corrected chi connectivity index (χ2v) is 5.54. The van der Waals surface area contributed by atoms with Gasteiger partial charge in [0.1, 0.15) is 12.1 Å². The normalized spacial score (nSPS) is 27.3. The first kappa shape index (κ1) is 11.9. The van der Waals surface area contributed by atoms with Gasteiger partial charge in [0, 0.05) is 17.8 Å². The summed E-state index contributed by atoms with van der Waals surface area (Å²) in [5, 5.41) is 9.59. The first-order valence-corrected chi connectivity index (χ1v) is 7.01. The van der Waals surface area contributed by atoms with Crippen molar-refractivity contribution in [3.8, 4) is 0 Å². The lowest BCUT2D eigenvalue weighted by Gasteiger charge is -2.29. The van der Waals surface area contributed by atoms with Crippen molar-refractivity contribution in [2.24, 2.45) is 5.92 Å². The maximum Gasteiger partial charge on any atom is 0.135 e. The van der Waals surface area contributed by atoms with E-state index in [4.69, 9.17) is 0 Å². The topological polar surface area (TPSA) is 49.2 Å². The number of aryl methyl sites for hydroxylation is 1. The fraction of sp³-hybridized carbons (Fsp3) is 0.714. The predicted octanol–water partition coefficient (Wildman–Crippen LogP) is 1.56. The minimum Gasteiger partial charge on any atom is -0.394 e. The highest BCUT2D eigenvalue weighted by molar-refractivity contribution is 5.51. The van der Waals surface area contributed by atoms with E-state index < -0.39 is 0 Å².